The fourth-order valence-corrected chi connectivity index (χ4v) is 4.19. The Morgan fingerprint density at radius 1 is 1.24 bits per heavy atom. The van der Waals surface area contributed by atoms with Crippen molar-refractivity contribution in [3.63, 3.8) is 0 Å². The second-order valence-corrected chi connectivity index (χ2v) is 8.59. The summed E-state index contributed by atoms with van der Waals surface area (Å²) in [5.74, 6) is -1.57. The van der Waals surface area contributed by atoms with Crippen molar-refractivity contribution in [2.24, 2.45) is 5.73 Å². The molecule has 0 atom stereocenters. The van der Waals surface area contributed by atoms with Gasteiger partial charge in [0.15, 0.2) is 12.4 Å². The molecule has 0 saturated heterocycles. The number of ether oxygens (including phenoxy) is 2. The first kappa shape index (κ1) is 24.6. The van der Waals surface area contributed by atoms with E-state index in [0.717, 1.165) is 11.3 Å². The van der Waals surface area contributed by atoms with E-state index in [0.29, 0.717) is 22.8 Å². The van der Waals surface area contributed by atoms with Crippen LogP contribution in [-0.4, -0.2) is 34.2 Å². The predicted molar refractivity (Wildman–Crippen MR) is 125 cm³/mol. The average molecular weight is 511 g/mol. The molecule has 3 rings (SSSR count). The summed E-state index contributed by atoms with van der Waals surface area (Å²) in [5.41, 5.74) is 5.91. The van der Waals surface area contributed by atoms with Gasteiger partial charge in [-0.15, -0.1) is 11.3 Å². The summed E-state index contributed by atoms with van der Waals surface area (Å²) in [6, 6.07) is 6.45. The van der Waals surface area contributed by atoms with E-state index in [1.165, 1.54) is 16.9 Å². The van der Waals surface area contributed by atoms with Gasteiger partial charge in [0.1, 0.15) is 15.8 Å². The Bertz CT molecular complexity index is 1210. The van der Waals surface area contributed by atoms with Crippen molar-refractivity contribution in [1.82, 2.24) is 9.78 Å². The summed E-state index contributed by atoms with van der Waals surface area (Å²) < 4.78 is 12.2. The number of thiophene rings is 1. The van der Waals surface area contributed by atoms with Crippen LogP contribution in [0.3, 0.4) is 0 Å². The SMILES string of the molecule is CCCOC(=O)c1c(NC(=O)c2ccn(COc3cccc(Cl)c3Cl)n2)sc(C(N)=O)c1C. The number of anilines is 1. The molecule has 2 aromatic heterocycles. The molecule has 0 unspecified atom stereocenters. The summed E-state index contributed by atoms with van der Waals surface area (Å²) >= 11 is 13.0. The Labute approximate surface area is 203 Å². The lowest BCUT2D eigenvalue weighted by molar-refractivity contribution is 0.0506. The monoisotopic (exact) mass is 510 g/mol. The van der Waals surface area contributed by atoms with Gasteiger partial charge in [-0.1, -0.05) is 36.2 Å². The van der Waals surface area contributed by atoms with E-state index in [1.54, 1.807) is 25.1 Å². The molecular formula is C21H20Cl2N4O5S. The number of primary amides is 1. The van der Waals surface area contributed by atoms with Crippen molar-refractivity contribution in [2.75, 3.05) is 11.9 Å². The van der Waals surface area contributed by atoms with Gasteiger partial charge in [0, 0.05) is 6.20 Å². The summed E-state index contributed by atoms with van der Waals surface area (Å²) in [6.07, 6.45) is 2.16. The first-order valence-electron chi connectivity index (χ1n) is 9.74. The molecule has 3 aromatic rings. The molecule has 33 heavy (non-hydrogen) atoms. The number of carbonyl (C=O) groups excluding carboxylic acids is 3. The normalized spacial score (nSPS) is 10.7. The highest BCUT2D eigenvalue weighted by molar-refractivity contribution is 7.18. The Balaban J connectivity index is 1.76. The molecule has 0 aliphatic heterocycles. The number of hydrogen-bond acceptors (Lipinski definition) is 7. The highest BCUT2D eigenvalue weighted by Crippen LogP contribution is 2.34. The van der Waals surface area contributed by atoms with Gasteiger partial charge >= 0.3 is 5.97 Å². The summed E-state index contributed by atoms with van der Waals surface area (Å²) in [6.45, 7) is 3.60. The summed E-state index contributed by atoms with van der Waals surface area (Å²) in [7, 11) is 0. The zero-order valence-corrected chi connectivity index (χ0v) is 20.0. The number of hydrogen-bond donors (Lipinski definition) is 2. The topological polar surface area (TPSA) is 126 Å². The number of carbonyl (C=O) groups is 3. The van der Waals surface area contributed by atoms with Crippen LogP contribution in [0, 0.1) is 6.92 Å². The molecule has 2 heterocycles. The fraction of sp³-hybridized carbons (Fsp3) is 0.238. The molecule has 0 radical (unpaired) electrons. The van der Waals surface area contributed by atoms with Crippen LogP contribution < -0.4 is 15.8 Å². The number of amides is 2. The van der Waals surface area contributed by atoms with Gasteiger partial charge in [-0.2, -0.15) is 5.10 Å². The number of esters is 1. The van der Waals surface area contributed by atoms with Gasteiger partial charge in [-0.05, 0) is 37.1 Å². The van der Waals surface area contributed by atoms with E-state index in [1.807, 2.05) is 6.92 Å². The van der Waals surface area contributed by atoms with Gasteiger partial charge in [0.25, 0.3) is 11.8 Å². The van der Waals surface area contributed by atoms with Gasteiger partial charge in [-0.25, -0.2) is 9.48 Å². The van der Waals surface area contributed by atoms with Gasteiger partial charge in [0.05, 0.1) is 22.1 Å². The van der Waals surface area contributed by atoms with Crippen molar-refractivity contribution in [3.8, 4) is 5.75 Å². The van der Waals surface area contributed by atoms with E-state index in [-0.39, 0.29) is 39.5 Å². The number of benzene rings is 1. The Hall–Kier alpha value is -3.08. The molecular weight excluding hydrogens is 491 g/mol. The van der Waals surface area contributed by atoms with E-state index in [2.05, 4.69) is 10.4 Å². The van der Waals surface area contributed by atoms with Crippen molar-refractivity contribution >= 4 is 57.3 Å². The molecule has 3 N–H and O–H groups in total. The molecule has 12 heteroatoms. The third kappa shape index (κ3) is 5.65. The van der Waals surface area contributed by atoms with Gasteiger partial charge in [0.2, 0.25) is 0 Å². The molecule has 1 aromatic carbocycles. The largest absolute Gasteiger partial charge is 0.470 e. The highest BCUT2D eigenvalue weighted by Gasteiger charge is 2.26. The third-order valence-corrected chi connectivity index (χ3v) is 6.40. The van der Waals surface area contributed by atoms with Crippen LogP contribution in [0.4, 0.5) is 5.00 Å². The molecule has 9 nitrogen and oxygen atoms in total. The predicted octanol–water partition coefficient (Wildman–Crippen LogP) is 4.51. The maximum Gasteiger partial charge on any atom is 0.341 e. The Morgan fingerprint density at radius 2 is 2.00 bits per heavy atom. The minimum Gasteiger partial charge on any atom is -0.470 e. The number of nitrogens with one attached hydrogen (secondary N) is 1. The molecule has 0 spiro atoms. The van der Waals surface area contributed by atoms with E-state index >= 15 is 0 Å². The zero-order valence-electron chi connectivity index (χ0n) is 17.7. The first-order chi connectivity index (χ1) is 15.7. The van der Waals surface area contributed by atoms with E-state index < -0.39 is 17.8 Å². The lowest BCUT2D eigenvalue weighted by Crippen LogP contribution is -2.16. The number of halogens is 2. The Kier molecular flexibility index (Phi) is 7.96. The van der Waals surface area contributed by atoms with Crippen LogP contribution in [0.25, 0.3) is 0 Å². The minimum absolute atomic E-state index is 0.0220. The Morgan fingerprint density at radius 3 is 2.70 bits per heavy atom. The molecule has 0 aliphatic rings. The van der Waals surface area contributed by atoms with E-state index in [9.17, 15) is 14.4 Å². The van der Waals surface area contributed by atoms with Crippen LogP contribution in [-0.2, 0) is 11.5 Å². The molecule has 174 valence electrons. The van der Waals surface area contributed by atoms with Crippen LogP contribution in [0.1, 0.15) is 49.4 Å². The number of rotatable bonds is 9. The van der Waals surface area contributed by atoms with Crippen LogP contribution in [0.2, 0.25) is 10.0 Å². The number of nitrogens with two attached hydrogens (primary N) is 1. The van der Waals surface area contributed by atoms with Gasteiger partial charge in [-0.3, -0.25) is 9.59 Å². The first-order valence-corrected chi connectivity index (χ1v) is 11.3. The maximum absolute atomic E-state index is 12.8. The second-order valence-electron chi connectivity index (χ2n) is 6.78. The van der Waals surface area contributed by atoms with Crippen molar-refractivity contribution in [2.45, 2.75) is 27.0 Å². The third-order valence-electron chi connectivity index (χ3n) is 4.38. The summed E-state index contributed by atoms with van der Waals surface area (Å²) in [5, 5.41) is 7.56. The van der Waals surface area contributed by atoms with E-state index in [4.69, 9.17) is 38.4 Å². The van der Waals surface area contributed by atoms with Crippen LogP contribution >= 0.6 is 34.5 Å². The molecule has 0 saturated carbocycles. The number of aromatic nitrogens is 2. The highest BCUT2D eigenvalue weighted by atomic mass is 35.5. The fourth-order valence-electron chi connectivity index (χ4n) is 2.80. The molecule has 2 amide bonds. The quantitative estimate of drug-likeness (QED) is 0.407. The molecule has 0 bridgehead atoms. The molecule has 0 aliphatic carbocycles. The van der Waals surface area contributed by atoms with Crippen molar-refractivity contribution in [1.29, 1.82) is 0 Å². The summed E-state index contributed by atoms with van der Waals surface area (Å²) in [4.78, 5) is 37.1. The lowest BCUT2D eigenvalue weighted by atomic mass is 10.1. The lowest BCUT2D eigenvalue weighted by Gasteiger charge is -2.09. The standard InChI is InChI=1S/C21H20Cl2N4O5S/c1-3-9-31-21(30)15-11(2)17(18(24)28)33-20(15)25-19(29)13-7-8-27(26-13)10-32-14-6-4-5-12(22)16(14)23/h4-8H,3,9-10H2,1-2H3,(H2,24,28)(H,25,29). The van der Waals surface area contributed by atoms with Crippen LogP contribution in [0.5, 0.6) is 5.75 Å². The molecule has 0 fully saturated rings. The van der Waals surface area contributed by atoms with Crippen molar-refractivity contribution < 1.29 is 23.9 Å². The smallest absolute Gasteiger partial charge is 0.341 e. The minimum atomic E-state index is -0.705. The second kappa shape index (κ2) is 10.7. The zero-order chi connectivity index (χ0) is 24.1. The van der Waals surface area contributed by atoms with Crippen molar-refractivity contribution in [3.05, 3.63) is 62.2 Å². The average Bonchev–Trinajstić information content (AvgIpc) is 3.38. The number of nitrogens with zero attached hydrogens (tertiary/aromatic N) is 2. The van der Waals surface area contributed by atoms with Crippen LogP contribution in [0.15, 0.2) is 30.5 Å². The maximum atomic E-state index is 12.8. The van der Waals surface area contributed by atoms with Gasteiger partial charge < -0.3 is 20.5 Å².